The van der Waals surface area contributed by atoms with Crippen LogP contribution in [0.2, 0.25) is 0 Å². The molecule has 2 rings (SSSR count). The molecule has 2 aromatic carbocycles. The minimum atomic E-state index is -3.55. The van der Waals surface area contributed by atoms with Crippen molar-refractivity contribution >= 4 is 31.6 Å². The summed E-state index contributed by atoms with van der Waals surface area (Å²) in [6, 6.07) is 12.2. The quantitative estimate of drug-likeness (QED) is 0.922. The lowest BCUT2D eigenvalue weighted by molar-refractivity contribution is 0.601. The normalized spacial score (nSPS) is 11.3. The second kappa shape index (κ2) is 5.35. The summed E-state index contributed by atoms with van der Waals surface area (Å²) in [5, 5.41) is 0. The van der Waals surface area contributed by atoms with Crippen LogP contribution in [0.15, 0.2) is 51.8 Å². The average molecular weight is 340 g/mol. The zero-order chi connectivity index (χ0) is 14.0. The van der Waals surface area contributed by atoms with E-state index in [1.807, 2.05) is 26.0 Å². The number of rotatable bonds is 3. The predicted octanol–water partition coefficient (Wildman–Crippen LogP) is 3.87. The molecule has 3 nitrogen and oxygen atoms in total. The van der Waals surface area contributed by atoms with E-state index in [1.165, 1.54) is 0 Å². The van der Waals surface area contributed by atoms with Crippen LogP contribution in [0.3, 0.4) is 0 Å². The lowest BCUT2D eigenvalue weighted by Gasteiger charge is -2.11. The van der Waals surface area contributed by atoms with Gasteiger partial charge < -0.3 is 0 Å². The summed E-state index contributed by atoms with van der Waals surface area (Å²) < 4.78 is 27.8. The molecule has 0 aliphatic rings. The monoisotopic (exact) mass is 339 g/mol. The first-order valence-corrected chi connectivity index (χ1v) is 8.02. The Balaban J connectivity index is 2.36. The lowest BCUT2D eigenvalue weighted by Crippen LogP contribution is -2.13. The van der Waals surface area contributed by atoms with Gasteiger partial charge in [-0.05, 0) is 53.5 Å². The molecule has 0 fully saturated rings. The van der Waals surface area contributed by atoms with Crippen LogP contribution in [0, 0.1) is 13.8 Å². The van der Waals surface area contributed by atoms with E-state index in [0.29, 0.717) is 5.69 Å². The minimum Gasteiger partial charge on any atom is -0.278 e. The highest BCUT2D eigenvalue weighted by atomic mass is 79.9. The second-order valence-electron chi connectivity index (χ2n) is 4.36. The van der Waals surface area contributed by atoms with Crippen LogP contribution in [0.25, 0.3) is 0 Å². The molecule has 19 heavy (non-hydrogen) atoms. The number of aryl methyl sites for hydroxylation is 2. The van der Waals surface area contributed by atoms with Crippen LogP contribution >= 0.6 is 15.9 Å². The fourth-order valence-electron chi connectivity index (χ4n) is 1.65. The molecule has 0 saturated heterocycles. The second-order valence-corrected chi connectivity index (χ2v) is 6.83. The number of hydrogen-bond donors (Lipinski definition) is 1. The molecule has 5 heteroatoms. The van der Waals surface area contributed by atoms with Gasteiger partial charge in [-0.15, -0.1) is 0 Å². The molecule has 0 bridgehead atoms. The fourth-order valence-corrected chi connectivity index (χ4v) is 3.21. The maximum atomic E-state index is 12.2. The lowest BCUT2D eigenvalue weighted by atomic mass is 10.2. The first kappa shape index (κ1) is 14.1. The van der Waals surface area contributed by atoms with Gasteiger partial charge >= 0.3 is 0 Å². The van der Waals surface area contributed by atoms with Crippen molar-refractivity contribution in [2.75, 3.05) is 4.72 Å². The topological polar surface area (TPSA) is 46.2 Å². The third kappa shape index (κ3) is 3.16. The number of anilines is 1. The standard InChI is InChI=1S/C14H14BrNO2S/c1-10-6-8-12(9-7-10)19(17,18)16-13-5-3-4-11(2)14(13)15/h3-9,16H,1-2H3. The predicted molar refractivity (Wildman–Crippen MR) is 80.9 cm³/mol. The molecule has 100 valence electrons. The van der Waals surface area contributed by atoms with E-state index in [9.17, 15) is 8.42 Å². The summed E-state index contributed by atoms with van der Waals surface area (Å²) in [6.45, 7) is 3.83. The summed E-state index contributed by atoms with van der Waals surface area (Å²) in [7, 11) is -3.55. The summed E-state index contributed by atoms with van der Waals surface area (Å²) in [5.74, 6) is 0. The Morgan fingerprint density at radius 1 is 1.00 bits per heavy atom. The molecular formula is C14H14BrNO2S. The molecule has 0 atom stereocenters. The van der Waals surface area contributed by atoms with Crippen LogP contribution in [-0.4, -0.2) is 8.42 Å². The molecule has 0 radical (unpaired) electrons. The van der Waals surface area contributed by atoms with E-state index in [4.69, 9.17) is 0 Å². The highest BCUT2D eigenvalue weighted by Crippen LogP contribution is 2.27. The van der Waals surface area contributed by atoms with Gasteiger partial charge in [0.1, 0.15) is 0 Å². The largest absolute Gasteiger partial charge is 0.278 e. The zero-order valence-electron chi connectivity index (χ0n) is 10.6. The first-order valence-electron chi connectivity index (χ1n) is 5.75. The van der Waals surface area contributed by atoms with E-state index in [-0.39, 0.29) is 4.90 Å². The van der Waals surface area contributed by atoms with Crippen LogP contribution in [0.4, 0.5) is 5.69 Å². The molecule has 0 amide bonds. The SMILES string of the molecule is Cc1ccc(S(=O)(=O)Nc2cccc(C)c2Br)cc1. The van der Waals surface area contributed by atoms with Crippen molar-refractivity contribution in [3.05, 3.63) is 58.1 Å². The van der Waals surface area contributed by atoms with Gasteiger partial charge in [-0.2, -0.15) is 0 Å². The Hall–Kier alpha value is -1.33. The number of halogens is 1. The number of sulfonamides is 1. The van der Waals surface area contributed by atoms with Gasteiger partial charge in [0.15, 0.2) is 0 Å². The minimum absolute atomic E-state index is 0.256. The first-order chi connectivity index (χ1) is 8.90. The summed E-state index contributed by atoms with van der Waals surface area (Å²) >= 11 is 3.39. The van der Waals surface area contributed by atoms with Crippen molar-refractivity contribution in [3.63, 3.8) is 0 Å². The number of benzene rings is 2. The Bertz CT molecular complexity index is 694. The molecule has 0 aliphatic carbocycles. The van der Waals surface area contributed by atoms with Gasteiger partial charge in [-0.3, -0.25) is 4.72 Å². The molecule has 0 aliphatic heterocycles. The highest BCUT2D eigenvalue weighted by Gasteiger charge is 2.15. The molecule has 1 N–H and O–H groups in total. The molecule has 0 saturated carbocycles. The van der Waals surface area contributed by atoms with E-state index in [0.717, 1.165) is 15.6 Å². The van der Waals surface area contributed by atoms with Crippen molar-refractivity contribution in [1.82, 2.24) is 0 Å². The van der Waals surface area contributed by atoms with E-state index in [2.05, 4.69) is 20.7 Å². The van der Waals surface area contributed by atoms with Crippen molar-refractivity contribution in [1.29, 1.82) is 0 Å². The average Bonchev–Trinajstić information content (AvgIpc) is 2.35. The number of nitrogens with one attached hydrogen (secondary N) is 1. The van der Waals surface area contributed by atoms with Crippen LogP contribution in [0.5, 0.6) is 0 Å². The maximum absolute atomic E-state index is 12.2. The molecular weight excluding hydrogens is 326 g/mol. The van der Waals surface area contributed by atoms with Gasteiger partial charge in [0.25, 0.3) is 10.0 Å². The zero-order valence-corrected chi connectivity index (χ0v) is 13.0. The Morgan fingerprint density at radius 3 is 2.26 bits per heavy atom. The molecule has 0 spiro atoms. The van der Waals surface area contributed by atoms with Crippen molar-refractivity contribution in [2.45, 2.75) is 18.7 Å². The van der Waals surface area contributed by atoms with Gasteiger partial charge in [-0.1, -0.05) is 29.8 Å². The van der Waals surface area contributed by atoms with Gasteiger partial charge in [0, 0.05) is 4.47 Å². The smallest absolute Gasteiger partial charge is 0.261 e. The molecule has 0 aromatic heterocycles. The van der Waals surface area contributed by atoms with Crippen molar-refractivity contribution < 1.29 is 8.42 Å². The highest BCUT2D eigenvalue weighted by molar-refractivity contribution is 9.10. The Kier molecular flexibility index (Phi) is 3.96. The Morgan fingerprint density at radius 2 is 1.63 bits per heavy atom. The molecule has 0 unspecified atom stereocenters. The summed E-state index contributed by atoms with van der Waals surface area (Å²) in [4.78, 5) is 0.256. The molecule has 0 heterocycles. The van der Waals surface area contributed by atoms with Crippen LogP contribution in [-0.2, 0) is 10.0 Å². The van der Waals surface area contributed by atoms with Crippen LogP contribution in [0.1, 0.15) is 11.1 Å². The maximum Gasteiger partial charge on any atom is 0.261 e. The van der Waals surface area contributed by atoms with Gasteiger partial charge in [0.05, 0.1) is 10.6 Å². The third-order valence-corrected chi connectivity index (χ3v) is 5.20. The van der Waals surface area contributed by atoms with E-state index in [1.54, 1.807) is 30.3 Å². The van der Waals surface area contributed by atoms with Crippen LogP contribution < -0.4 is 4.72 Å². The summed E-state index contributed by atoms with van der Waals surface area (Å²) in [6.07, 6.45) is 0. The number of hydrogen-bond acceptors (Lipinski definition) is 2. The molecule has 2 aromatic rings. The van der Waals surface area contributed by atoms with Crippen molar-refractivity contribution in [3.8, 4) is 0 Å². The van der Waals surface area contributed by atoms with Crippen molar-refractivity contribution in [2.24, 2.45) is 0 Å². The van der Waals surface area contributed by atoms with Gasteiger partial charge in [-0.25, -0.2) is 8.42 Å². The Labute approximate surface area is 121 Å². The fraction of sp³-hybridized carbons (Fsp3) is 0.143. The van der Waals surface area contributed by atoms with Gasteiger partial charge in [0.2, 0.25) is 0 Å². The van der Waals surface area contributed by atoms with E-state index < -0.39 is 10.0 Å². The van der Waals surface area contributed by atoms with E-state index >= 15 is 0 Å². The third-order valence-electron chi connectivity index (χ3n) is 2.77. The summed E-state index contributed by atoms with van der Waals surface area (Å²) in [5.41, 5.74) is 2.54.